The molecule has 0 aliphatic heterocycles. The van der Waals surface area contributed by atoms with Gasteiger partial charge in [0.15, 0.2) is 0 Å². The van der Waals surface area contributed by atoms with Crippen molar-refractivity contribution in [3.63, 3.8) is 0 Å². The van der Waals surface area contributed by atoms with Gasteiger partial charge in [-0.3, -0.25) is 0 Å². The molecular weight excluding hydrogens is 224 g/mol. The summed E-state index contributed by atoms with van der Waals surface area (Å²) in [6.45, 7) is 18.0. The second-order valence-corrected chi connectivity index (χ2v) is 8.46. The highest BCUT2D eigenvalue weighted by Crippen LogP contribution is 2.39. The summed E-state index contributed by atoms with van der Waals surface area (Å²) in [5, 5.41) is 0.743. The summed E-state index contributed by atoms with van der Waals surface area (Å²) < 4.78 is 0.399. The Bertz CT molecular complexity index is 216. The smallest absolute Gasteiger partial charge is 0.0106 e. The zero-order valence-corrected chi connectivity index (χ0v) is 13.6. The third-order valence-corrected chi connectivity index (χ3v) is 5.43. The molecule has 17 heavy (non-hydrogen) atoms. The number of allylic oxidation sites excluding steroid dienone is 1. The molecule has 0 bridgehead atoms. The Morgan fingerprint density at radius 2 is 1.71 bits per heavy atom. The first-order chi connectivity index (χ1) is 7.76. The van der Waals surface area contributed by atoms with Gasteiger partial charge in [-0.05, 0) is 31.1 Å². The van der Waals surface area contributed by atoms with Crippen LogP contribution in [0.2, 0.25) is 0 Å². The van der Waals surface area contributed by atoms with Crippen LogP contribution in [0.5, 0.6) is 0 Å². The Balaban J connectivity index is 4.22. The molecule has 1 heteroatoms. The summed E-state index contributed by atoms with van der Waals surface area (Å²) in [5.41, 5.74) is 0.498. The van der Waals surface area contributed by atoms with Crippen LogP contribution >= 0.6 is 11.8 Å². The Kier molecular flexibility index (Phi) is 7.55. The van der Waals surface area contributed by atoms with Crippen molar-refractivity contribution in [2.45, 2.75) is 83.6 Å². The van der Waals surface area contributed by atoms with Gasteiger partial charge in [-0.25, -0.2) is 0 Å². The van der Waals surface area contributed by atoms with Crippen molar-refractivity contribution in [1.82, 2.24) is 0 Å². The quantitative estimate of drug-likeness (QED) is 0.451. The Labute approximate surface area is 114 Å². The molecule has 0 N–H and O–H groups in total. The van der Waals surface area contributed by atoms with Crippen molar-refractivity contribution in [3.05, 3.63) is 12.7 Å². The van der Waals surface area contributed by atoms with E-state index in [9.17, 15) is 0 Å². The molecule has 0 heterocycles. The molecule has 1 atom stereocenters. The van der Waals surface area contributed by atoms with E-state index in [1.807, 2.05) is 0 Å². The summed E-state index contributed by atoms with van der Waals surface area (Å²) in [6, 6.07) is 0. The van der Waals surface area contributed by atoms with Crippen molar-refractivity contribution in [3.8, 4) is 0 Å². The molecule has 0 saturated carbocycles. The first-order valence-electron chi connectivity index (χ1n) is 7.05. The molecule has 0 amide bonds. The zero-order chi connectivity index (χ0) is 13.5. The molecule has 0 fully saturated rings. The van der Waals surface area contributed by atoms with E-state index in [1.165, 1.54) is 25.7 Å². The van der Waals surface area contributed by atoms with Gasteiger partial charge in [-0.2, -0.15) is 11.8 Å². The molecule has 0 aromatic carbocycles. The Morgan fingerprint density at radius 3 is 2.12 bits per heavy atom. The van der Waals surface area contributed by atoms with Crippen LogP contribution in [0, 0.1) is 5.41 Å². The molecule has 0 rings (SSSR count). The number of thioether (sulfide) groups is 1. The second-order valence-electron chi connectivity index (χ2n) is 6.45. The van der Waals surface area contributed by atoms with E-state index in [0.29, 0.717) is 10.2 Å². The lowest BCUT2D eigenvalue weighted by atomic mass is 9.83. The molecular formula is C16H32S. The van der Waals surface area contributed by atoms with E-state index in [0.717, 1.165) is 11.7 Å². The third-order valence-electron chi connectivity index (χ3n) is 3.73. The molecule has 0 radical (unpaired) electrons. The fourth-order valence-corrected chi connectivity index (χ4v) is 3.33. The SMILES string of the molecule is C=CCC(CC)SC(C)(C)CCC(C)(C)CC. The third kappa shape index (κ3) is 7.91. The predicted octanol–water partition coefficient (Wildman–Crippen LogP) is 6.07. The number of rotatable bonds is 9. The molecule has 0 aliphatic rings. The van der Waals surface area contributed by atoms with E-state index in [2.05, 4.69) is 66.0 Å². The summed E-state index contributed by atoms with van der Waals surface area (Å²) >= 11 is 2.15. The monoisotopic (exact) mass is 256 g/mol. The van der Waals surface area contributed by atoms with Crippen LogP contribution in [0.15, 0.2) is 12.7 Å². The molecule has 0 aromatic rings. The van der Waals surface area contributed by atoms with Crippen LogP contribution in [-0.4, -0.2) is 10.00 Å². The maximum atomic E-state index is 3.86. The molecule has 0 spiro atoms. The topological polar surface area (TPSA) is 0 Å². The fraction of sp³-hybridized carbons (Fsp3) is 0.875. The maximum absolute atomic E-state index is 3.86. The average Bonchev–Trinajstić information content (AvgIpc) is 2.26. The van der Waals surface area contributed by atoms with Gasteiger partial charge in [-0.15, -0.1) is 6.58 Å². The van der Waals surface area contributed by atoms with Crippen molar-refractivity contribution in [2.24, 2.45) is 5.41 Å². The van der Waals surface area contributed by atoms with Gasteiger partial charge in [-0.1, -0.05) is 54.0 Å². The van der Waals surface area contributed by atoms with Crippen molar-refractivity contribution < 1.29 is 0 Å². The van der Waals surface area contributed by atoms with Crippen molar-refractivity contribution >= 4 is 11.8 Å². The van der Waals surface area contributed by atoms with Crippen LogP contribution in [0.25, 0.3) is 0 Å². The number of hydrogen-bond acceptors (Lipinski definition) is 1. The van der Waals surface area contributed by atoms with Crippen molar-refractivity contribution in [2.75, 3.05) is 0 Å². The molecule has 0 aromatic heterocycles. The number of hydrogen-bond donors (Lipinski definition) is 0. The van der Waals surface area contributed by atoms with E-state index in [1.54, 1.807) is 0 Å². The summed E-state index contributed by atoms with van der Waals surface area (Å²) in [5.74, 6) is 0. The van der Waals surface area contributed by atoms with E-state index in [-0.39, 0.29) is 0 Å². The highest BCUT2D eigenvalue weighted by molar-refractivity contribution is 8.01. The van der Waals surface area contributed by atoms with Crippen LogP contribution in [-0.2, 0) is 0 Å². The average molecular weight is 256 g/mol. The minimum absolute atomic E-state index is 0.399. The summed E-state index contributed by atoms with van der Waals surface area (Å²) in [6.07, 6.45) is 8.37. The summed E-state index contributed by atoms with van der Waals surface area (Å²) in [7, 11) is 0. The molecule has 0 saturated heterocycles. The first-order valence-corrected chi connectivity index (χ1v) is 7.93. The van der Waals surface area contributed by atoms with Gasteiger partial charge in [0.1, 0.15) is 0 Å². The highest BCUT2D eigenvalue weighted by atomic mass is 32.2. The lowest BCUT2D eigenvalue weighted by Gasteiger charge is -2.32. The normalized spacial score (nSPS) is 14.7. The van der Waals surface area contributed by atoms with Crippen LogP contribution < -0.4 is 0 Å². The van der Waals surface area contributed by atoms with Gasteiger partial charge < -0.3 is 0 Å². The van der Waals surface area contributed by atoms with Crippen LogP contribution in [0.4, 0.5) is 0 Å². The van der Waals surface area contributed by atoms with Crippen molar-refractivity contribution in [1.29, 1.82) is 0 Å². The van der Waals surface area contributed by atoms with E-state index in [4.69, 9.17) is 0 Å². The van der Waals surface area contributed by atoms with E-state index >= 15 is 0 Å². The van der Waals surface area contributed by atoms with Gasteiger partial charge in [0.05, 0.1) is 0 Å². The molecule has 0 nitrogen and oxygen atoms in total. The molecule has 102 valence electrons. The Hall–Kier alpha value is 0.0900. The maximum Gasteiger partial charge on any atom is 0.0106 e. The lowest BCUT2D eigenvalue weighted by Crippen LogP contribution is -2.23. The second kappa shape index (κ2) is 7.51. The van der Waals surface area contributed by atoms with Gasteiger partial charge >= 0.3 is 0 Å². The van der Waals surface area contributed by atoms with Gasteiger partial charge in [0.2, 0.25) is 0 Å². The first kappa shape index (κ1) is 17.1. The standard InChI is InChI=1S/C16H32S/c1-8-11-14(9-2)17-16(6,7)13-12-15(4,5)10-3/h8,14H,1,9-13H2,2-7H3. The van der Waals surface area contributed by atoms with Gasteiger partial charge in [0, 0.05) is 10.00 Å². The van der Waals surface area contributed by atoms with Gasteiger partial charge in [0.25, 0.3) is 0 Å². The zero-order valence-electron chi connectivity index (χ0n) is 12.8. The summed E-state index contributed by atoms with van der Waals surface area (Å²) in [4.78, 5) is 0. The largest absolute Gasteiger partial charge is 0.152 e. The van der Waals surface area contributed by atoms with E-state index < -0.39 is 0 Å². The minimum Gasteiger partial charge on any atom is -0.152 e. The predicted molar refractivity (Wildman–Crippen MR) is 83.9 cm³/mol. The Morgan fingerprint density at radius 1 is 1.12 bits per heavy atom. The van der Waals surface area contributed by atoms with Crippen LogP contribution in [0.3, 0.4) is 0 Å². The fourth-order valence-electron chi connectivity index (χ4n) is 1.81. The minimum atomic E-state index is 0.399. The lowest BCUT2D eigenvalue weighted by molar-refractivity contribution is 0.300. The molecule has 1 unspecified atom stereocenters. The van der Waals surface area contributed by atoms with Crippen LogP contribution in [0.1, 0.15) is 73.6 Å². The highest BCUT2D eigenvalue weighted by Gasteiger charge is 2.25. The molecule has 0 aliphatic carbocycles.